The summed E-state index contributed by atoms with van der Waals surface area (Å²) in [5, 5.41) is 2.92. The van der Waals surface area contributed by atoms with Crippen LogP contribution in [0.2, 0.25) is 0 Å². The minimum absolute atomic E-state index is 0.0483. The Bertz CT molecular complexity index is 1220. The molecule has 0 bridgehead atoms. The molecule has 3 aromatic carbocycles. The normalized spacial score (nSPS) is 13.2. The van der Waals surface area contributed by atoms with Crippen molar-refractivity contribution in [3.05, 3.63) is 76.3 Å². The zero-order chi connectivity index (χ0) is 25.7. The molecule has 36 heavy (non-hydrogen) atoms. The van der Waals surface area contributed by atoms with Gasteiger partial charge in [-0.15, -0.1) is 0 Å². The molecule has 4 rings (SSSR count). The molecule has 1 fully saturated rings. The van der Waals surface area contributed by atoms with E-state index in [1.54, 1.807) is 44.6 Å². The Balaban J connectivity index is 1.37. The number of halogens is 1. The predicted molar refractivity (Wildman–Crippen MR) is 143 cm³/mol. The molecule has 0 aromatic heterocycles. The lowest BCUT2D eigenvalue weighted by Crippen LogP contribution is -2.48. The Morgan fingerprint density at radius 3 is 2.03 bits per heavy atom. The Morgan fingerprint density at radius 1 is 0.806 bits per heavy atom. The van der Waals surface area contributed by atoms with E-state index in [2.05, 4.69) is 26.1 Å². The highest BCUT2D eigenvalue weighted by Crippen LogP contribution is 2.26. The van der Waals surface area contributed by atoms with Crippen LogP contribution in [0.4, 0.5) is 11.4 Å². The number of ether oxygens (including phenoxy) is 3. The van der Waals surface area contributed by atoms with Crippen LogP contribution >= 0.6 is 15.9 Å². The molecule has 1 heterocycles. The van der Waals surface area contributed by atoms with Gasteiger partial charge in [0.25, 0.3) is 11.8 Å². The molecule has 0 spiro atoms. The van der Waals surface area contributed by atoms with Gasteiger partial charge in [-0.3, -0.25) is 9.59 Å². The first-order chi connectivity index (χ1) is 17.4. The summed E-state index contributed by atoms with van der Waals surface area (Å²) in [4.78, 5) is 29.9. The van der Waals surface area contributed by atoms with E-state index in [1.165, 1.54) is 7.11 Å². The van der Waals surface area contributed by atoms with Crippen molar-refractivity contribution in [3.63, 3.8) is 0 Å². The van der Waals surface area contributed by atoms with E-state index >= 15 is 0 Å². The van der Waals surface area contributed by atoms with Crippen LogP contribution in [0.3, 0.4) is 0 Å². The predicted octanol–water partition coefficient (Wildman–Crippen LogP) is 4.69. The number of carbonyl (C=O) groups is 2. The molecule has 0 aliphatic carbocycles. The molecule has 0 radical (unpaired) electrons. The highest BCUT2D eigenvalue weighted by atomic mass is 79.9. The Hall–Kier alpha value is -3.72. The van der Waals surface area contributed by atoms with Gasteiger partial charge in [0.15, 0.2) is 0 Å². The topological polar surface area (TPSA) is 80.3 Å². The maximum atomic E-state index is 13.1. The van der Waals surface area contributed by atoms with Crippen molar-refractivity contribution >= 4 is 39.1 Å². The molecule has 188 valence electrons. The number of anilines is 2. The van der Waals surface area contributed by atoms with Gasteiger partial charge >= 0.3 is 0 Å². The van der Waals surface area contributed by atoms with Gasteiger partial charge in [0, 0.05) is 53.7 Å². The molecule has 1 aliphatic heterocycles. The van der Waals surface area contributed by atoms with E-state index < -0.39 is 0 Å². The first-order valence-corrected chi connectivity index (χ1v) is 12.2. The molecule has 3 aromatic rings. The molecular formula is C27H28BrN3O5. The van der Waals surface area contributed by atoms with Gasteiger partial charge in [0.2, 0.25) is 0 Å². The van der Waals surface area contributed by atoms with Crippen LogP contribution in [-0.2, 0) is 0 Å². The SMILES string of the molecule is COc1cc(OC)cc(C(=O)N2CCN(c3ccc(NC(=O)c4cc(Br)ccc4OC)cc3)CC2)c1. The van der Waals surface area contributed by atoms with E-state index in [0.717, 1.165) is 10.2 Å². The van der Waals surface area contributed by atoms with Crippen LogP contribution in [0.5, 0.6) is 17.2 Å². The van der Waals surface area contributed by atoms with Crippen molar-refractivity contribution < 1.29 is 23.8 Å². The number of hydrogen-bond donors (Lipinski definition) is 1. The van der Waals surface area contributed by atoms with Crippen LogP contribution in [0, 0.1) is 0 Å². The third kappa shape index (κ3) is 5.73. The smallest absolute Gasteiger partial charge is 0.259 e. The zero-order valence-corrected chi connectivity index (χ0v) is 22.0. The second kappa shape index (κ2) is 11.3. The molecule has 2 amide bonds. The Kier molecular flexibility index (Phi) is 8.00. The maximum Gasteiger partial charge on any atom is 0.259 e. The summed E-state index contributed by atoms with van der Waals surface area (Å²) >= 11 is 3.40. The van der Waals surface area contributed by atoms with E-state index in [9.17, 15) is 9.59 Å². The molecular weight excluding hydrogens is 526 g/mol. The van der Waals surface area contributed by atoms with Gasteiger partial charge in [-0.1, -0.05) is 15.9 Å². The lowest BCUT2D eigenvalue weighted by atomic mass is 10.1. The van der Waals surface area contributed by atoms with Crippen molar-refractivity contribution in [1.82, 2.24) is 4.90 Å². The van der Waals surface area contributed by atoms with Crippen molar-refractivity contribution in [1.29, 1.82) is 0 Å². The highest BCUT2D eigenvalue weighted by Gasteiger charge is 2.23. The molecule has 1 saturated heterocycles. The summed E-state index contributed by atoms with van der Waals surface area (Å²) < 4.78 is 16.7. The largest absolute Gasteiger partial charge is 0.497 e. The lowest BCUT2D eigenvalue weighted by molar-refractivity contribution is 0.0746. The number of carbonyl (C=O) groups excluding carboxylic acids is 2. The van der Waals surface area contributed by atoms with Crippen LogP contribution in [0.1, 0.15) is 20.7 Å². The second-order valence-electron chi connectivity index (χ2n) is 8.23. The summed E-state index contributed by atoms with van der Waals surface area (Å²) in [7, 11) is 4.67. The van der Waals surface area contributed by atoms with Crippen LogP contribution in [0.15, 0.2) is 65.1 Å². The number of nitrogens with zero attached hydrogens (tertiary/aromatic N) is 2. The highest BCUT2D eigenvalue weighted by molar-refractivity contribution is 9.10. The van der Waals surface area contributed by atoms with Crippen LogP contribution in [0.25, 0.3) is 0 Å². The van der Waals surface area contributed by atoms with Gasteiger partial charge in [-0.2, -0.15) is 0 Å². The van der Waals surface area contributed by atoms with E-state index in [-0.39, 0.29) is 11.8 Å². The molecule has 0 saturated carbocycles. The van der Waals surface area contributed by atoms with Gasteiger partial charge in [-0.25, -0.2) is 0 Å². The second-order valence-corrected chi connectivity index (χ2v) is 9.14. The third-order valence-electron chi connectivity index (χ3n) is 6.06. The third-order valence-corrected chi connectivity index (χ3v) is 6.56. The summed E-state index contributed by atoms with van der Waals surface area (Å²) in [6, 6.07) is 18.2. The summed E-state index contributed by atoms with van der Waals surface area (Å²) in [6.45, 7) is 2.60. The fraction of sp³-hybridized carbons (Fsp3) is 0.259. The summed E-state index contributed by atoms with van der Waals surface area (Å²) in [5.41, 5.74) is 2.71. The van der Waals surface area contributed by atoms with Crippen molar-refractivity contribution in [2.75, 3.05) is 57.7 Å². The van der Waals surface area contributed by atoms with Gasteiger partial charge < -0.3 is 29.3 Å². The number of rotatable bonds is 7. The number of hydrogen-bond acceptors (Lipinski definition) is 6. The van der Waals surface area contributed by atoms with Crippen molar-refractivity contribution in [3.8, 4) is 17.2 Å². The van der Waals surface area contributed by atoms with E-state index in [1.807, 2.05) is 35.2 Å². The fourth-order valence-electron chi connectivity index (χ4n) is 4.09. The minimum atomic E-state index is -0.248. The zero-order valence-electron chi connectivity index (χ0n) is 20.4. The number of amides is 2. The lowest BCUT2D eigenvalue weighted by Gasteiger charge is -2.36. The molecule has 8 nitrogen and oxygen atoms in total. The van der Waals surface area contributed by atoms with Gasteiger partial charge in [0.1, 0.15) is 17.2 Å². The van der Waals surface area contributed by atoms with Crippen LogP contribution < -0.4 is 24.4 Å². The standard InChI is InChI=1S/C27H28BrN3O5/c1-34-22-14-18(15-23(17-22)35-2)27(33)31-12-10-30(11-13-31)21-7-5-20(6-8-21)29-26(32)24-16-19(28)4-9-25(24)36-3/h4-9,14-17H,10-13H2,1-3H3,(H,29,32). The quantitative estimate of drug-likeness (QED) is 0.457. The first kappa shape index (κ1) is 25.4. The number of benzene rings is 3. The van der Waals surface area contributed by atoms with Gasteiger partial charge in [-0.05, 0) is 54.6 Å². The number of methoxy groups -OCH3 is 3. The molecule has 9 heteroatoms. The molecule has 1 N–H and O–H groups in total. The first-order valence-electron chi connectivity index (χ1n) is 11.4. The minimum Gasteiger partial charge on any atom is -0.497 e. The van der Waals surface area contributed by atoms with Crippen LogP contribution in [-0.4, -0.2) is 64.2 Å². The average molecular weight is 554 g/mol. The molecule has 1 aliphatic rings. The Morgan fingerprint density at radius 2 is 1.44 bits per heavy atom. The fourth-order valence-corrected chi connectivity index (χ4v) is 4.45. The van der Waals surface area contributed by atoms with Crippen molar-refractivity contribution in [2.24, 2.45) is 0 Å². The van der Waals surface area contributed by atoms with Gasteiger partial charge in [0.05, 0.1) is 26.9 Å². The molecule has 0 unspecified atom stereocenters. The average Bonchev–Trinajstić information content (AvgIpc) is 2.92. The number of nitrogens with one attached hydrogen (secondary N) is 1. The van der Waals surface area contributed by atoms with E-state index in [0.29, 0.717) is 60.2 Å². The monoisotopic (exact) mass is 553 g/mol. The van der Waals surface area contributed by atoms with Crippen molar-refractivity contribution in [2.45, 2.75) is 0 Å². The van der Waals surface area contributed by atoms with E-state index in [4.69, 9.17) is 14.2 Å². The number of piperazine rings is 1. The Labute approximate surface area is 218 Å². The summed E-state index contributed by atoms with van der Waals surface area (Å²) in [6.07, 6.45) is 0. The summed E-state index contributed by atoms with van der Waals surface area (Å²) in [5.74, 6) is 1.38. The maximum absolute atomic E-state index is 13.1. The molecule has 0 atom stereocenters.